The lowest BCUT2D eigenvalue weighted by Gasteiger charge is -2.16. The quantitative estimate of drug-likeness (QED) is 0.647. The minimum Gasteiger partial charge on any atom is -0.472 e. The number of carbonyl (C=O) groups excluding carboxylic acids is 1. The van der Waals surface area contributed by atoms with Crippen LogP contribution in [0.25, 0.3) is 10.9 Å². The van der Waals surface area contributed by atoms with Gasteiger partial charge in [-0.1, -0.05) is 58.4 Å². The van der Waals surface area contributed by atoms with Crippen LogP contribution < -0.4 is 15.5 Å². The molecule has 1 aromatic heterocycles. The molecule has 0 fully saturated rings. The molecule has 2 unspecified atom stereocenters. The number of para-hydroxylation sites is 1. The highest BCUT2D eigenvalue weighted by Gasteiger charge is 2.31. The monoisotopic (exact) mass is 426 g/mol. The first-order valence-electron chi connectivity index (χ1n) is 8.84. The maximum absolute atomic E-state index is 13.1. The van der Waals surface area contributed by atoms with Gasteiger partial charge in [-0.3, -0.25) is 9.59 Å². The normalized spacial score (nSPS) is 16.6. The number of benzene rings is 2. The van der Waals surface area contributed by atoms with E-state index in [1.54, 1.807) is 6.07 Å². The molecule has 0 saturated carbocycles. The number of rotatable bonds is 4. The van der Waals surface area contributed by atoms with Crippen molar-refractivity contribution in [2.45, 2.75) is 25.6 Å². The lowest BCUT2D eigenvalue weighted by molar-refractivity contribution is 0.0934. The fourth-order valence-corrected chi connectivity index (χ4v) is 3.79. The third-order valence-corrected chi connectivity index (χ3v) is 5.56. The highest BCUT2D eigenvalue weighted by atomic mass is 79.9. The molecule has 6 heteroatoms. The summed E-state index contributed by atoms with van der Waals surface area (Å²) in [5, 5.41) is 4.09. The van der Waals surface area contributed by atoms with Crippen LogP contribution in [0.2, 0.25) is 0 Å². The van der Waals surface area contributed by atoms with Crippen molar-refractivity contribution in [3.05, 3.63) is 75.9 Å². The van der Waals surface area contributed by atoms with Crippen molar-refractivity contribution in [3.63, 3.8) is 0 Å². The number of halogens is 1. The Labute approximate surface area is 165 Å². The Morgan fingerprint density at radius 1 is 1.22 bits per heavy atom. The molecule has 1 aliphatic heterocycles. The molecule has 138 valence electrons. The zero-order valence-corrected chi connectivity index (χ0v) is 16.4. The predicted molar refractivity (Wildman–Crippen MR) is 109 cm³/mol. The van der Waals surface area contributed by atoms with E-state index in [9.17, 15) is 9.59 Å². The van der Waals surface area contributed by atoms with E-state index < -0.39 is 5.91 Å². The molecule has 1 aliphatic rings. The maximum Gasteiger partial charge on any atom is 0.261 e. The van der Waals surface area contributed by atoms with Crippen molar-refractivity contribution in [2.75, 3.05) is 5.33 Å². The lowest BCUT2D eigenvalue weighted by atomic mass is 10.1. The van der Waals surface area contributed by atoms with E-state index in [0.29, 0.717) is 23.1 Å². The number of pyridine rings is 1. The standard InChI is InChI=1S/C21H19BrN2O3/c1-13(14-7-3-2-4-8-14)23-20(26)18-19(25)16-9-5-6-10-17(16)24-12-15(11-22)27-21(18)24/h2-10,13,15H,11-12H2,1H3,(H,23,26). The first-order chi connectivity index (χ1) is 13.1. The fourth-order valence-electron chi connectivity index (χ4n) is 3.45. The summed E-state index contributed by atoms with van der Waals surface area (Å²) in [7, 11) is 0. The number of alkyl halides is 1. The summed E-state index contributed by atoms with van der Waals surface area (Å²) in [6.07, 6.45) is -0.117. The molecule has 0 bridgehead atoms. The molecular weight excluding hydrogens is 408 g/mol. The number of hydrogen-bond acceptors (Lipinski definition) is 3. The number of amides is 1. The summed E-state index contributed by atoms with van der Waals surface area (Å²) in [4.78, 5) is 26.1. The number of aromatic nitrogens is 1. The Morgan fingerprint density at radius 2 is 1.93 bits per heavy atom. The number of hydrogen-bond donors (Lipinski definition) is 1. The van der Waals surface area contributed by atoms with Gasteiger partial charge >= 0.3 is 0 Å². The summed E-state index contributed by atoms with van der Waals surface area (Å²) < 4.78 is 7.86. The van der Waals surface area contributed by atoms with Crippen molar-refractivity contribution < 1.29 is 9.53 Å². The van der Waals surface area contributed by atoms with Crippen LogP contribution in [0.4, 0.5) is 0 Å². The summed E-state index contributed by atoms with van der Waals surface area (Å²) in [5.74, 6) is -0.0676. The first kappa shape index (κ1) is 17.8. The molecule has 4 rings (SSSR count). The van der Waals surface area contributed by atoms with Gasteiger partial charge in [-0.15, -0.1) is 0 Å². The summed E-state index contributed by atoms with van der Waals surface area (Å²) in [6, 6.07) is 16.8. The van der Waals surface area contributed by atoms with E-state index in [0.717, 1.165) is 11.1 Å². The van der Waals surface area contributed by atoms with Crippen LogP contribution in [0.5, 0.6) is 5.88 Å². The van der Waals surface area contributed by atoms with E-state index in [2.05, 4.69) is 21.2 Å². The second kappa shape index (κ2) is 7.19. The van der Waals surface area contributed by atoms with Crippen molar-refractivity contribution in [1.82, 2.24) is 9.88 Å². The molecule has 0 saturated heterocycles. The highest BCUT2D eigenvalue weighted by Crippen LogP contribution is 2.30. The van der Waals surface area contributed by atoms with Gasteiger partial charge in [-0.2, -0.15) is 0 Å². The average molecular weight is 427 g/mol. The summed E-state index contributed by atoms with van der Waals surface area (Å²) >= 11 is 3.43. The van der Waals surface area contributed by atoms with Gasteiger partial charge in [0.25, 0.3) is 5.91 Å². The molecule has 5 nitrogen and oxygen atoms in total. The van der Waals surface area contributed by atoms with Gasteiger partial charge in [0.05, 0.1) is 18.1 Å². The van der Waals surface area contributed by atoms with Gasteiger partial charge in [0.15, 0.2) is 0 Å². The number of nitrogens with zero attached hydrogens (tertiary/aromatic N) is 1. The van der Waals surface area contributed by atoms with Crippen molar-refractivity contribution in [3.8, 4) is 5.88 Å². The van der Waals surface area contributed by atoms with Gasteiger partial charge in [-0.25, -0.2) is 0 Å². The third-order valence-electron chi connectivity index (χ3n) is 4.84. The molecular formula is C21H19BrN2O3. The molecule has 0 aliphatic carbocycles. The molecule has 0 radical (unpaired) electrons. The fraction of sp³-hybridized carbons (Fsp3) is 0.238. The summed E-state index contributed by atoms with van der Waals surface area (Å²) in [5.41, 5.74) is 1.53. The molecule has 2 aromatic carbocycles. The zero-order chi connectivity index (χ0) is 19.0. The van der Waals surface area contributed by atoms with E-state index >= 15 is 0 Å². The Kier molecular flexibility index (Phi) is 4.74. The summed E-state index contributed by atoms with van der Waals surface area (Å²) in [6.45, 7) is 2.49. The molecule has 1 N–H and O–H groups in total. The van der Waals surface area contributed by atoms with Crippen LogP contribution in [0.15, 0.2) is 59.4 Å². The molecule has 1 amide bonds. The number of fused-ring (bicyclic) bond motifs is 3. The average Bonchev–Trinajstić information content (AvgIpc) is 3.13. The highest BCUT2D eigenvalue weighted by molar-refractivity contribution is 9.09. The molecule has 27 heavy (non-hydrogen) atoms. The SMILES string of the molecule is CC(NC(=O)c1c2n(c3ccccc3c1=O)CC(CBr)O2)c1ccccc1. The van der Waals surface area contributed by atoms with Crippen molar-refractivity contribution in [2.24, 2.45) is 0 Å². The van der Waals surface area contributed by atoms with Gasteiger partial charge in [0, 0.05) is 10.7 Å². The molecule has 2 heterocycles. The number of ether oxygens (including phenoxy) is 1. The number of carbonyl (C=O) groups is 1. The Morgan fingerprint density at radius 3 is 2.67 bits per heavy atom. The van der Waals surface area contributed by atoms with E-state index in [1.807, 2.05) is 60.0 Å². The topological polar surface area (TPSA) is 60.3 Å². The van der Waals surface area contributed by atoms with Crippen LogP contribution in [0, 0.1) is 0 Å². The van der Waals surface area contributed by atoms with E-state index in [-0.39, 0.29) is 23.1 Å². The molecule has 3 aromatic rings. The van der Waals surface area contributed by atoms with E-state index in [4.69, 9.17) is 4.74 Å². The minimum atomic E-state index is -0.416. The smallest absolute Gasteiger partial charge is 0.261 e. The second-order valence-electron chi connectivity index (χ2n) is 6.64. The van der Waals surface area contributed by atoms with Crippen LogP contribution in [0.1, 0.15) is 28.9 Å². The maximum atomic E-state index is 13.1. The minimum absolute atomic E-state index is 0.0694. The van der Waals surface area contributed by atoms with Crippen molar-refractivity contribution >= 4 is 32.7 Å². The van der Waals surface area contributed by atoms with Crippen LogP contribution >= 0.6 is 15.9 Å². The van der Waals surface area contributed by atoms with Gasteiger partial charge < -0.3 is 14.6 Å². The predicted octanol–water partition coefficient (Wildman–Crippen LogP) is 3.65. The molecule has 0 spiro atoms. The van der Waals surface area contributed by atoms with Crippen LogP contribution in [0.3, 0.4) is 0 Å². The first-order valence-corrected chi connectivity index (χ1v) is 9.96. The Balaban J connectivity index is 1.79. The van der Waals surface area contributed by atoms with Crippen LogP contribution in [-0.2, 0) is 6.54 Å². The molecule has 2 atom stereocenters. The second-order valence-corrected chi connectivity index (χ2v) is 7.28. The van der Waals surface area contributed by atoms with Gasteiger partial charge in [-0.05, 0) is 24.6 Å². The Bertz CT molecular complexity index is 1060. The van der Waals surface area contributed by atoms with Gasteiger partial charge in [0.2, 0.25) is 11.3 Å². The van der Waals surface area contributed by atoms with Crippen LogP contribution in [-0.4, -0.2) is 21.9 Å². The van der Waals surface area contributed by atoms with Gasteiger partial charge in [0.1, 0.15) is 11.7 Å². The zero-order valence-electron chi connectivity index (χ0n) is 14.8. The number of nitrogens with one attached hydrogen (secondary N) is 1. The lowest BCUT2D eigenvalue weighted by Crippen LogP contribution is -2.32. The largest absolute Gasteiger partial charge is 0.472 e. The van der Waals surface area contributed by atoms with E-state index in [1.165, 1.54) is 0 Å². The van der Waals surface area contributed by atoms with Crippen molar-refractivity contribution in [1.29, 1.82) is 0 Å². The Hall–Kier alpha value is -2.60. The third kappa shape index (κ3) is 3.14.